The molecule has 0 N–H and O–H groups in total. The summed E-state index contributed by atoms with van der Waals surface area (Å²) in [5.41, 5.74) is 2.48. The highest BCUT2D eigenvalue weighted by atomic mass is 16.4. The van der Waals surface area contributed by atoms with E-state index in [1.807, 2.05) is 31.2 Å². The SMILES string of the molecule is Cc1ccc(-c2nc(C#N)c(N3C[C@@H](C)C[C@H](C)C3)o2)cc1. The summed E-state index contributed by atoms with van der Waals surface area (Å²) in [4.78, 5) is 6.55. The summed E-state index contributed by atoms with van der Waals surface area (Å²) >= 11 is 0. The minimum atomic E-state index is 0.386. The Hall–Kier alpha value is -2.28. The van der Waals surface area contributed by atoms with E-state index in [0.29, 0.717) is 29.3 Å². The topological polar surface area (TPSA) is 53.1 Å². The molecule has 1 aliphatic rings. The normalized spacial score (nSPS) is 21.6. The van der Waals surface area contributed by atoms with Crippen molar-refractivity contribution in [2.45, 2.75) is 27.2 Å². The molecule has 4 heteroatoms. The summed E-state index contributed by atoms with van der Waals surface area (Å²) in [6.07, 6.45) is 1.22. The maximum absolute atomic E-state index is 9.39. The molecule has 0 bridgehead atoms. The van der Waals surface area contributed by atoms with E-state index in [2.05, 4.69) is 29.8 Å². The average Bonchev–Trinajstić information content (AvgIpc) is 2.91. The molecule has 3 rings (SSSR count). The number of aryl methyl sites for hydroxylation is 1. The van der Waals surface area contributed by atoms with Gasteiger partial charge < -0.3 is 9.32 Å². The van der Waals surface area contributed by atoms with Crippen LogP contribution in [0.1, 0.15) is 31.5 Å². The van der Waals surface area contributed by atoms with E-state index < -0.39 is 0 Å². The van der Waals surface area contributed by atoms with Crippen LogP contribution in [0.3, 0.4) is 0 Å². The molecule has 0 radical (unpaired) electrons. The Morgan fingerprint density at radius 3 is 2.41 bits per heavy atom. The molecule has 2 heterocycles. The fourth-order valence-corrected chi connectivity index (χ4v) is 3.25. The Bertz CT molecular complexity index is 686. The Morgan fingerprint density at radius 2 is 1.82 bits per heavy atom. The second kappa shape index (κ2) is 5.84. The number of hydrogen-bond acceptors (Lipinski definition) is 4. The molecule has 1 aromatic heterocycles. The van der Waals surface area contributed by atoms with E-state index in [4.69, 9.17) is 4.42 Å². The number of nitriles is 1. The number of rotatable bonds is 2. The Kier molecular flexibility index (Phi) is 3.89. The molecule has 2 atom stereocenters. The molecule has 1 aromatic carbocycles. The lowest BCUT2D eigenvalue weighted by Crippen LogP contribution is -2.38. The maximum Gasteiger partial charge on any atom is 0.235 e. The summed E-state index contributed by atoms with van der Waals surface area (Å²) in [7, 11) is 0. The molecule has 0 unspecified atom stereocenters. The van der Waals surface area contributed by atoms with Crippen LogP contribution >= 0.6 is 0 Å². The first-order valence-electron chi connectivity index (χ1n) is 7.79. The lowest BCUT2D eigenvalue weighted by atomic mass is 9.92. The number of nitrogens with zero attached hydrogens (tertiary/aromatic N) is 3. The number of piperidine rings is 1. The van der Waals surface area contributed by atoms with Gasteiger partial charge >= 0.3 is 0 Å². The number of aromatic nitrogens is 1. The fourth-order valence-electron chi connectivity index (χ4n) is 3.25. The first-order valence-corrected chi connectivity index (χ1v) is 7.79. The largest absolute Gasteiger partial charge is 0.419 e. The summed E-state index contributed by atoms with van der Waals surface area (Å²) in [6.45, 7) is 8.36. The second-order valence-corrected chi connectivity index (χ2v) is 6.50. The van der Waals surface area contributed by atoms with Crippen LogP contribution in [0.15, 0.2) is 28.7 Å². The van der Waals surface area contributed by atoms with Crippen LogP contribution < -0.4 is 4.90 Å². The second-order valence-electron chi connectivity index (χ2n) is 6.50. The summed E-state index contributed by atoms with van der Waals surface area (Å²) in [5, 5.41) is 9.39. The van der Waals surface area contributed by atoms with E-state index in [1.165, 1.54) is 12.0 Å². The zero-order valence-electron chi connectivity index (χ0n) is 13.3. The first kappa shape index (κ1) is 14.6. The number of anilines is 1. The van der Waals surface area contributed by atoms with Gasteiger partial charge in [-0.3, -0.25) is 0 Å². The van der Waals surface area contributed by atoms with Crippen molar-refractivity contribution in [2.75, 3.05) is 18.0 Å². The van der Waals surface area contributed by atoms with Crippen LogP contribution in [0, 0.1) is 30.1 Å². The van der Waals surface area contributed by atoms with Gasteiger partial charge in [-0.25, -0.2) is 0 Å². The molecule has 1 fully saturated rings. The number of oxazole rings is 1. The monoisotopic (exact) mass is 295 g/mol. The van der Waals surface area contributed by atoms with Gasteiger partial charge in [-0.2, -0.15) is 10.2 Å². The molecule has 0 saturated carbocycles. The van der Waals surface area contributed by atoms with Crippen molar-refractivity contribution in [3.8, 4) is 17.5 Å². The molecular weight excluding hydrogens is 274 g/mol. The van der Waals surface area contributed by atoms with Crippen molar-refractivity contribution >= 4 is 5.88 Å². The third kappa shape index (κ3) is 2.85. The molecule has 0 spiro atoms. The van der Waals surface area contributed by atoms with Crippen LogP contribution in [-0.2, 0) is 0 Å². The van der Waals surface area contributed by atoms with Gasteiger partial charge in [0.2, 0.25) is 17.5 Å². The predicted octanol–water partition coefficient (Wildman–Crippen LogP) is 4.00. The Morgan fingerprint density at radius 1 is 1.18 bits per heavy atom. The molecule has 0 amide bonds. The third-order valence-electron chi connectivity index (χ3n) is 4.17. The molecule has 1 aliphatic heterocycles. The highest BCUT2D eigenvalue weighted by Crippen LogP contribution is 2.32. The summed E-state index contributed by atoms with van der Waals surface area (Å²) in [6, 6.07) is 10.2. The molecule has 22 heavy (non-hydrogen) atoms. The van der Waals surface area contributed by atoms with Gasteiger partial charge in [0.1, 0.15) is 6.07 Å². The van der Waals surface area contributed by atoms with Gasteiger partial charge in [-0.05, 0) is 37.3 Å². The maximum atomic E-state index is 9.39. The van der Waals surface area contributed by atoms with Gasteiger partial charge in [0, 0.05) is 18.7 Å². The van der Waals surface area contributed by atoms with E-state index >= 15 is 0 Å². The third-order valence-corrected chi connectivity index (χ3v) is 4.17. The molecule has 114 valence electrons. The van der Waals surface area contributed by atoms with Crippen molar-refractivity contribution < 1.29 is 4.42 Å². The zero-order valence-corrected chi connectivity index (χ0v) is 13.3. The standard InChI is InChI=1S/C18H21N3O/c1-12-4-6-15(7-5-12)17-20-16(9-19)18(22-17)21-10-13(2)8-14(3)11-21/h4-7,13-14H,8,10-11H2,1-3H3/t13-,14-/m0/s1. The highest BCUT2D eigenvalue weighted by molar-refractivity contribution is 5.60. The summed E-state index contributed by atoms with van der Waals surface area (Å²) in [5.74, 6) is 2.35. The minimum Gasteiger partial charge on any atom is -0.419 e. The van der Waals surface area contributed by atoms with Crippen molar-refractivity contribution in [3.05, 3.63) is 35.5 Å². The van der Waals surface area contributed by atoms with E-state index in [1.54, 1.807) is 0 Å². The fraction of sp³-hybridized carbons (Fsp3) is 0.444. The smallest absolute Gasteiger partial charge is 0.235 e. The Balaban J connectivity index is 1.95. The van der Waals surface area contributed by atoms with E-state index in [9.17, 15) is 5.26 Å². The van der Waals surface area contributed by atoms with Gasteiger partial charge in [-0.15, -0.1) is 0 Å². The lowest BCUT2D eigenvalue weighted by Gasteiger charge is -2.34. The Labute approximate surface area is 131 Å². The summed E-state index contributed by atoms with van der Waals surface area (Å²) < 4.78 is 5.96. The van der Waals surface area contributed by atoms with Crippen LogP contribution in [0.4, 0.5) is 5.88 Å². The van der Waals surface area contributed by atoms with Crippen molar-refractivity contribution in [1.82, 2.24) is 4.98 Å². The van der Waals surface area contributed by atoms with Crippen LogP contribution in [0.5, 0.6) is 0 Å². The molecular formula is C18H21N3O. The first-order chi connectivity index (χ1) is 10.6. The van der Waals surface area contributed by atoms with Gasteiger partial charge in [0.05, 0.1) is 0 Å². The predicted molar refractivity (Wildman–Crippen MR) is 86.5 cm³/mol. The quantitative estimate of drug-likeness (QED) is 0.840. The van der Waals surface area contributed by atoms with Crippen molar-refractivity contribution in [3.63, 3.8) is 0 Å². The van der Waals surface area contributed by atoms with Gasteiger partial charge in [-0.1, -0.05) is 31.5 Å². The van der Waals surface area contributed by atoms with E-state index in [0.717, 1.165) is 18.7 Å². The van der Waals surface area contributed by atoms with Crippen LogP contribution in [-0.4, -0.2) is 18.1 Å². The lowest BCUT2D eigenvalue weighted by molar-refractivity contribution is 0.344. The van der Waals surface area contributed by atoms with Crippen molar-refractivity contribution in [1.29, 1.82) is 5.26 Å². The highest BCUT2D eigenvalue weighted by Gasteiger charge is 2.27. The van der Waals surface area contributed by atoms with Crippen LogP contribution in [0.2, 0.25) is 0 Å². The molecule has 4 nitrogen and oxygen atoms in total. The van der Waals surface area contributed by atoms with Gasteiger partial charge in [0.15, 0.2) is 0 Å². The minimum absolute atomic E-state index is 0.386. The number of benzene rings is 1. The molecule has 2 aromatic rings. The number of hydrogen-bond donors (Lipinski definition) is 0. The van der Waals surface area contributed by atoms with Crippen LogP contribution in [0.25, 0.3) is 11.5 Å². The average molecular weight is 295 g/mol. The van der Waals surface area contributed by atoms with Gasteiger partial charge in [0.25, 0.3) is 0 Å². The molecule has 0 aliphatic carbocycles. The molecule has 1 saturated heterocycles. The zero-order chi connectivity index (χ0) is 15.7. The van der Waals surface area contributed by atoms with Crippen molar-refractivity contribution in [2.24, 2.45) is 11.8 Å². The van der Waals surface area contributed by atoms with E-state index in [-0.39, 0.29) is 0 Å².